The Hall–Kier alpha value is -2.58. The molecule has 2 heterocycles. The van der Waals surface area contributed by atoms with Gasteiger partial charge in [0.25, 0.3) is 11.6 Å². The van der Waals surface area contributed by atoms with E-state index in [1.807, 2.05) is 16.8 Å². The van der Waals surface area contributed by atoms with Crippen molar-refractivity contribution in [2.75, 3.05) is 5.32 Å². The largest absolute Gasteiger partial charge is 0.321 e. The molecule has 0 aliphatic rings. The number of nitro benzene ring substituents is 1. The van der Waals surface area contributed by atoms with E-state index in [4.69, 9.17) is 0 Å². The summed E-state index contributed by atoms with van der Waals surface area (Å²) in [6.07, 6.45) is 0. The second-order valence-corrected chi connectivity index (χ2v) is 6.89. The van der Waals surface area contributed by atoms with Crippen LogP contribution in [0.5, 0.6) is 0 Å². The average molecular weight is 359 g/mol. The number of amides is 1. The van der Waals surface area contributed by atoms with Crippen LogP contribution in [0.2, 0.25) is 0 Å². The van der Waals surface area contributed by atoms with Crippen molar-refractivity contribution < 1.29 is 9.72 Å². The van der Waals surface area contributed by atoms with Crippen LogP contribution >= 0.6 is 22.7 Å². The fourth-order valence-corrected chi connectivity index (χ4v) is 3.93. The van der Waals surface area contributed by atoms with Crippen LogP contribution in [0.15, 0.2) is 35.0 Å². The number of hydrogen-bond acceptors (Lipinski definition) is 6. The SMILES string of the molecule is Cc1nc(-c2ccsc2)sc1C(=O)Nc1cccc([N+](=O)[O-])c1C. The fraction of sp³-hybridized carbons (Fsp3) is 0.125. The van der Waals surface area contributed by atoms with Gasteiger partial charge in [-0.05, 0) is 31.4 Å². The summed E-state index contributed by atoms with van der Waals surface area (Å²) in [6.45, 7) is 3.39. The van der Waals surface area contributed by atoms with Crippen molar-refractivity contribution in [1.29, 1.82) is 0 Å². The first-order valence-corrected chi connectivity index (χ1v) is 8.78. The number of nitrogens with one attached hydrogen (secondary N) is 1. The van der Waals surface area contributed by atoms with Gasteiger partial charge in [-0.25, -0.2) is 4.98 Å². The van der Waals surface area contributed by atoms with E-state index in [1.165, 1.54) is 17.4 Å². The Balaban J connectivity index is 1.89. The van der Waals surface area contributed by atoms with Gasteiger partial charge in [-0.3, -0.25) is 14.9 Å². The monoisotopic (exact) mass is 359 g/mol. The third-order valence-corrected chi connectivity index (χ3v) is 5.41. The molecule has 122 valence electrons. The molecule has 0 spiro atoms. The topological polar surface area (TPSA) is 85.1 Å². The van der Waals surface area contributed by atoms with Crippen molar-refractivity contribution in [2.24, 2.45) is 0 Å². The fourth-order valence-electron chi connectivity index (χ4n) is 2.25. The van der Waals surface area contributed by atoms with Crippen LogP contribution in [0.1, 0.15) is 20.9 Å². The lowest BCUT2D eigenvalue weighted by Crippen LogP contribution is -2.13. The molecule has 1 amide bonds. The number of carbonyl (C=O) groups excluding carboxylic acids is 1. The summed E-state index contributed by atoms with van der Waals surface area (Å²) < 4.78 is 0. The lowest BCUT2D eigenvalue weighted by atomic mass is 10.1. The number of rotatable bonds is 4. The van der Waals surface area contributed by atoms with Crippen LogP contribution in [-0.2, 0) is 0 Å². The maximum atomic E-state index is 12.5. The van der Waals surface area contributed by atoms with E-state index in [9.17, 15) is 14.9 Å². The number of aryl methyl sites for hydroxylation is 1. The van der Waals surface area contributed by atoms with Crippen molar-refractivity contribution in [3.63, 3.8) is 0 Å². The molecule has 2 aromatic heterocycles. The average Bonchev–Trinajstić information content (AvgIpc) is 3.18. The third kappa shape index (κ3) is 3.06. The van der Waals surface area contributed by atoms with Gasteiger partial charge in [0.1, 0.15) is 9.88 Å². The molecule has 8 heteroatoms. The zero-order chi connectivity index (χ0) is 17.3. The third-order valence-electron chi connectivity index (χ3n) is 3.52. The Kier molecular flexibility index (Phi) is 4.41. The summed E-state index contributed by atoms with van der Waals surface area (Å²) in [5.41, 5.74) is 2.46. The molecule has 24 heavy (non-hydrogen) atoms. The van der Waals surface area contributed by atoms with E-state index in [0.717, 1.165) is 10.6 Å². The van der Waals surface area contributed by atoms with Crippen molar-refractivity contribution in [2.45, 2.75) is 13.8 Å². The van der Waals surface area contributed by atoms with Gasteiger partial charge in [0, 0.05) is 17.0 Å². The minimum atomic E-state index is -0.461. The number of aromatic nitrogens is 1. The molecular formula is C16H13N3O3S2. The minimum Gasteiger partial charge on any atom is -0.321 e. The first-order valence-electron chi connectivity index (χ1n) is 7.02. The second kappa shape index (κ2) is 6.50. The maximum absolute atomic E-state index is 12.5. The predicted molar refractivity (Wildman–Crippen MR) is 96.0 cm³/mol. The van der Waals surface area contributed by atoms with Gasteiger partial charge in [-0.15, -0.1) is 11.3 Å². The summed E-state index contributed by atoms with van der Waals surface area (Å²) in [4.78, 5) is 28.0. The van der Waals surface area contributed by atoms with Crippen LogP contribution in [0.25, 0.3) is 10.6 Å². The second-order valence-electron chi connectivity index (χ2n) is 5.11. The molecule has 0 saturated carbocycles. The highest BCUT2D eigenvalue weighted by molar-refractivity contribution is 7.17. The Morgan fingerprint density at radius 2 is 2.08 bits per heavy atom. The summed E-state index contributed by atoms with van der Waals surface area (Å²) in [5.74, 6) is -0.310. The molecule has 0 unspecified atom stereocenters. The van der Waals surface area contributed by atoms with Crippen LogP contribution in [0, 0.1) is 24.0 Å². The normalized spacial score (nSPS) is 10.6. The van der Waals surface area contributed by atoms with E-state index in [2.05, 4.69) is 10.3 Å². The first kappa shape index (κ1) is 16.3. The molecule has 1 aromatic carbocycles. The van der Waals surface area contributed by atoms with Crippen molar-refractivity contribution >= 4 is 40.0 Å². The molecule has 1 N–H and O–H groups in total. The lowest BCUT2D eigenvalue weighted by molar-refractivity contribution is -0.385. The van der Waals surface area contributed by atoms with Gasteiger partial charge < -0.3 is 5.32 Å². The number of hydrogen-bond donors (Lipinski definition) is 1. The van der Waals surface area contributed by atoms with Crippen LogP contribution in [-0.4, -0.2) is 15.8 Å². The van der Waals surface area contributed by atoms with Gasteiger partial charge in [0.2, 0.25) is 0 Å². The van der Waals surface area contributed by atoms with Crippen molar-refractivity contribution in [1.82, 2.24) is 4.98 Å². The van der Waals surface area contributed by atoms with Crippen LogP contribution in [0.3, 0.4) is 0 Å². The van der Waals surface area contributed by atoms with Gasteiger partial charge in [-0.1, -0.05) is 6.07 Å². The molecule has 0 fully saturated rings. The van der Waals surface area contributed by atoms with E-state index >= 15 is 0 Å². The number of benzene rings is 1. The summed E-state index contributed by atoms with van der Waals surface area (Å²) in [7, 11) is 0. The van der Waals surface area contributed by atoms with E-state index in [0.29, 0.717) is 21.8 Å². The maximum Gasteiger partial charge on any atom is 0.274 e. The smallest absolute Gasteiger partial charge is 0.274 e. The Bertz CT molecular complexity index is 917. The highest BCUT2D eigenvalue weighted by Crippen LogP contribution is 2.31. The number of anilines is 1. The van der Waals surface area contributed by atoms with Gasteiger partial charge in [0.05, 0.1) is 21.9 Å². The van der Waals surface area contributed by atoms with Gasteiger partial charge in [-0.2, -0.15) is 11.3 Å². The molecule has 3 rings (SSSR count). The quantitative estimate of drug-likeness (QED) is 0.543. The highest BCUT2D eigenvalue weighted by Gasteiger charge is 2.19. The molecular weight excluding hydrogens is 346 g/mol. The van der Waals surface area contributed by atoms with Gasteiger partial charge in [0.15, 0.2) is 0 Å². The van der Waals surface area contributed by atoms with E-state index < -0.39 is 4.92 Å². The van der Waals surface area contributed by atoms with Gasteiger partial charge >= 0.3 is 0 Å². The molecule has 0 atom stereocenters. The summed E-state index contributed by atoms with van der Waals surface area (Å²) in [5, 5.41) is 18.5. The zero-order valence-electron chi connectivity index (χ0n) is 12.9. The minimum absolute atomic E-state index is 0.0206. The Labute approximate surface area is 146 Å². The molecule has 0 radical (unpaired) electrons. The molecule has 0 aliphatic carbocycles. The van der Waals surface area contributed by atoms with Crippen LogP contribution < -0.4 is 5.32 Å². The molecule has 3 aromatic rings. The number of nitro groups is 1. The predicted octanol–water partition coefficient (Wildman–Crippen LogP) is 4.65. The number of nitrogens with zero attached hydrogens (tertiary/aromatic N) is 2. The number of carbonyl (C=O) groups is 1. The number of thiophene rings is 1. The summed E-state index contributed by atoms with van der Waals surface area (Å²) in [6, 6.07) is 6.57. The zero-order valence-corrected chi connectivity index (χ0v) is 14.5. The molecule has 0 bridgehead atoms. The Morgan fingerprint density at radius 3 is 2.75 bits per heavy atom. The lowest BCUT2D eigenvalue weighted by Gasteiger charge is -2.07. The number of thiazole rings is 1. The first-order chi connectivity index (χ1) is 11.5. The molecule has 0 saturated heterocycles. The molecule has 6 nitrogen and oxygen atoms in total. The molecule has 0 aliphatic heterocycles. The Morgan fingerprint density at radius 1 is 1.29 bits per heavy atom. The van der Waals surface area contributed by atoms with Crippen molar-refractivity contribution in [3.05, 3.63) is 61.3 Å². The highest BCUT2D eigenvalue weighted by atomic mass is 32.1. The van der Waals surface area contributed by atoms with E-state index in [1.54, 1.807) is 37.3 Å². The van der Waals surface area contributed by atoms with E-state index in [-0.39, 0.29) is 11.6 Å². The summed E-state index contributed by atoms with van der Waals surface area (Å²) >= 11 is 2.88. The van der Waals surface area contributed by atoms with Crippen molar-refractivity contribution in [3.8, 4) is 10.6 Å². The standard InChI is InChI=1S/C16H13N3O3S2/c1-9-12(4-3-5-13(9)19(21)22)18-15(20)14-10(2)17-16(24-14)11-6-7-23-8-11/h3-8H,1-2H3,(H,18,20). The van der Waals surface area contributed by atoms with Crippen LogP contribution in [0.4, 0.5) is 11.4 Å².